The average Bonchev–Trinajstić information content (AvgIpc) is 2.69. The lowest BCUT2D eigenvalue weighted by Gasteiger charge is -2.36. The molecule has 31 heavy (non-hydrogen) atoms. The van der Waals surface area contributed by atoms with Gasteiger partial charge in [0.2, 0.25) is 0 Å². The molecule has 2 aromatic carbocycles. The number of anilines is 2. The lowest BCUT2D eigenvalue weighted by atomic mass is 9.92. The number of aryl methyl sites for hydroxylation is 1. The van der Waals surface area contributed by atoms with Crippen LogP contribution in [0.5, 0.6) is 11.5 Å². The van der Waals surface area contributed by atoms with Crippen molar-refractivity contribution in [2.45, 2.75) is 65.9 Å². The van der Waals surface area contributed by atoms with Gasteiger partial charge in [-0.15, -0.1) is 0 Å². The Kier molecular flexibility index (Phi) is 7.14. The van der Waals surface area contributed by atoms with Crippen LogP contribution < -0.4 is 15.4 Å². The third-order valence-electron chi connectivity index (χ3n) is 5.74. The van der Waals surface area contributed by atoms with E-state index in [2.05, 4.69) is 11.8 Å². The molecule has 0 saturated carbocycles. The number of hydrogen-bond donors (Lipinski definition) is 1. The van der Waals surface area contributed by atoms with Crippen molar-refractivity contribution >= 4 is 17.3 Å². The third-order valence-corrected chi connectivity index (χ3v) is 5.74. The van der Waals surface area contributed by atoms with Crippen LogP contribution in [0.1, 0.15) is 57.6 Å². The number of piperidine rings is 1. The van der Waals surface area contributed by atoms with Gasteiger partial charge in [0.1, 0.15) is 17.1 Å². The number of carbonyl (C=O) groups is 1. The van der Waals surface area contributed by atoms with E-state index in [9.17, 15) is 4.79 Å². The number of para-hydroxylation sites is 1. The average molecular weight is 425 g/mol. The molecule has 2 aromatic rings. The molecule has 0 spiro atoms. The topological polar surface area (TPSA) is 64.8 Å². The Bertz CT molecular complexity index is 917. The molecule has 2 N–H and O–H groups in total. The van der Waals surface area contributed by atoms with Gasteiger partial charge in [-0.25, -0.2) is 0 Å². The number of esters is 1. The first-order valence-electron chi connectivity index (χ1n) is 11.2. The fourth-order valence-electron chi connectivity index (χ4n) is 4.24. The van der Waals surface area contributed by atoms with Gasteiger partial charge >= 0.3 is 5.97 Å². The predicted octanol–water partition coefficient (Wildman–Crippen LogP) is 6.02. The summed E-state index contributed by atoms with van der Waals surface area (Å²) in [6.45, 7) is 11.7. The SMILES string of the molecule is Cc1ccccc1Oc1ccc(N)c(N2CCC[C@@H](CCC(=O)OC(C)(C)C)C2)c1C. The van der Waals surface area contributed by atoms with Crippen molar-refractivity contribution in [3.8, 4) is 11.5 Å². The Morgan fingerprint density at radius 1 is 1.13 bits per heavy atom. The zero-order valence-corrected chi connectivity index (χ0v) is 19.5. The largest absolute Gasteiger partial charge is 0.460 e. The van der Waals surface area contributed by atoms with Gasteiger partial charge in [0.05, 0.1) is 11.4 Å². The first-order chi connectivity index (χ1) is 14.6. The van der Waals surface area contributed by atoms with Gasteiger partial charge in [0, 0.05) is 25.1 Å². The summed E-state index contributed by atoms with van der Waals surface area (Å²) in [4.78, 5) is 14.5. The van der Waals surface area contributed by atoms with Crippen LogP contribution >= 0.6 is 0 Å². The van der Waals surface area contributed by atoms with Crippen LogP contribution in [0.2, 0.25) is 0 Å². The fraction of sp³-hybridized carbons (Fsp3) is 0.500. The highest BCUT2D eigenvalue weighted by molar-refractivity contribution is 5.75. The van der Waals surface area contributed by atoms with Gasteiger partial charge < -0.3 is 20.1 Å². The van der Waals surface area contributed by atoms with Gasteiger partial charge in [-0.3, -0.25) is 4.79 Å². The summed E-state index contributed by atoms with van der Waals surface area (Å²) >= 11 is 0. The van der Waals surface area contributed by atoms with Crippen LogP contribution in [0.15, 0.2) is 36.4 Å². The molecular weight excluding hydrogens is 388 g/mol. The smallest absolute Gasteiger partial charge is 0.306 e. The normalized spacial score (nSPS) is 16.8. The molecule has 0 amide bonds. The van der Waals surface area contributed by atoms with E-state index in [-0.39, 0.29) is 5.97 Å². The summed E-state index contributed by atoms with van der Waals surface area (Å²) in [5.74, 6) is 2.01. The number of rotatable bonds is 6. The van der Waals surface area contributed by atoms with E-state index in [0.717, 1.165) is 66.4 Å². The van der Waals surface area contributed by atoms with E-state index in [0.29, 0.717) is 12.3 Å². The second kappa shape index (κ2) is 9.63. The summed E-state index contributed by atoms with van der Waals surface area (Å²) in [6.07, 6.45) is 3.50. The molecule has 168 valence electrons. The first kappa shape index (κ1) is 23.0. The summed E-state index contributed by atoms with van der Waals surface area (Å²) in [5.41, 5.74) is 9.94. The maximum Gasteiger partial charge on any atom is 0.306 e. The number of benzene rings is 2. The third kappa shape index (κ3) is 6.16. The fourth-order valence-corrected chi connectivity index (χ4v) is 4.24. The van der Waals surface area contributed by atoms with Crippen LogP contribution in [0.3, 0.4) is 0 Å². The molecular formula is C26H36N2O3. The molecule has 0 aromatic heterocycles. The maximum absolute atomic E-state index is 12.1. The van der Waals surface area contributed by atoms with E-state index < -0.39 is 5.60 Å². The molecule has 1 aliphatic rings. The molecule has 0 radical (unpaired) electrons. The lowest BCUT2D eigenvalue weighted by Crippen LogP contribution is -2.36. The highest BCUT2D eigenvalue weighted by Crippen LogP contribution is 2.39. The molecule has 5 nitrogen and oxygen atoms in total. The van der Waals surface area contributed by atoms with Crippen molar-refractivity contribution in [3.63, 3.8) is 0 Å². The first-order valence-corrected chi connectivity index (χ1v) is 11.2. The van der Waals surface area contributed by atoms with Crippen LogP contribution in [0.4, 0.5) is 11.4 Å². The number of nitrogens with two attached hydrogens (primary N) is 1. The highest BCUT2D eigenvalue weighted by atomic mass is 16.6. The Morgan fingerprint density at radius 2 is 1.87 bits per heavy atom. The van der Waals surface area contributed by atoms with Crippen molar-refractivity contribution in [2.75, 3.05) is 23.7 Å². The Morgan fingerprint density at radius 3 is 2.58 bits per heavy atom. The Hall–Kier alpha value is -2.69. The van der Waals surface area contributed by atoms with Crippen molar-refractivity contribution < 1.29 is 14.3 Å². The van der Waals surface area contributed by atoms with Crippen molar-refractivity contribution in [1.29, 1.82) is 0 Å². The minimum absolute atomic E-state index is 0.117. The molecule has 1 aliphatic heterocycles. The van der Waals surface area contributed by atoms with E-state index in [4.69, 9.17) is 15.2 Å². The minimum atomic E-state index is -0.432. The molecule has 1 saturated heterocycles. The highest BCUT2D eigenvalue weighted by Gasteiger charge is 2.25. The van der Waals surface area contributed by atoms with E-state index in [1.807, 2.05) is 64.1 Å². The predicted molar refractivity (Wildman–Crippen MR) is 127 cm³/mol. The van der Waals surface area contributed by atoms with Crippen molar-refractivity contribution in [1.82, 2.24) is 0 Å². The van der Waals surface area contributed by atoms with Gasteiger partial charge in [0.25, 0.3) is 0 Å². The standard InChI is InChI=1S/C26H36N2O3/c1-18-9-6-7-11-22(18)30-23-14-13-21(27)25(19(23)2)28-16-8-10-20(17-28)12-15-24(29)31-26(3,4)5/h6-7,9,11,13-14,20H,8,10,12,15-17,27H2,1-5H3/t20-/m0/s1. The second-order valence-electron chi connectivity index (χ2n) is 9.57. The lowest BCUT2D eigenvalue weighted by molar-refractivity contribution is -0.155. The Balaban J connectivity index is 1.71. The van der Waals surface area contributed by atoms with Crippen LogP contribution in [0.25, 0.3) is 0 Å². The molecule has 1 heterocycles. The van der Waals surface area contributed by atoms with Crippen LogP contribution in [-0.4, -0.2) is 24.7 Å². The minimum Gasteiger partial charge on any atom is -0.460 e. The van der Waals surface area contributed by atoms with Crippen LogP contribution in [0, 0.1) is 19.8 Å². The summed E-state index contributed by atoms with van der Waals surface area (Å²) in [7, 11) is 0. The van der Waals surface area contributed by atoms with E-state index in [1.54, 1.807) is 0 Å². The zero-order chi connectivity index (χ0) is 22.6. The van der Waals surface area contributed by atoms with Gasteiger partial charge in [-0.05, 0) is 83.6 Å². The van der Waals surface area contributed by atoms with E-state index >= 15 is 0 Å². The zero-order valence-electron chi connectivity index (χ0n) is 19.5. The number of nitrogen functional groups attached to an aromatic ring is 1. The molecule has 0 aliphatic carbocycles. The molecule has 3 rings (SSSR count). The summed E-state index contributed by atoms with van der Waals surface area (Å²) in [5, 5.41) is 0. The number of carbonyl (C=O) groups excluding carboxylic acids is 1. The van der Waals surface area contributed by atoms with Gasteiger partial charge in [0.15, 0.2) is 0 Å². The summed E-state index contributed by atoms with van der Waals surface area (Å²) in [6, 6.07) is 11.9. The van der Waals surface area contributed by atoms with Crippen molar-refractivity contribution in [3.05, 3.63) is 47.5 Å². The van der Waals surface area contributed by atoms with Gasteiger partial charge in [-0.1, -0.05) is 18.2 Å². The molecule has 1 fully saturated rings. The monoisotopic (exact) mass is 424 g/mol. The van der Waals surface area contributed by atoms with Gasteiger partial charge in [-0.2, -0.15) is 0 Å². The van der Waals surface area contributed by atoms with Crippen LogP contribution in [-0.2, 0) is 9.53 Å². The second-order valence-corrected chi connectivity index (χ2v) is 9.57. The number of nitrogens with zero attached hydrogens (tertiary/aromatic N) is 1. The molecule has 5 heteroatoms. The molecule has 0 unspecified atom stereocenters. The molecule has 1 atom stereocenters. The summed E-state index contributed by atoms with van der Waals surface area (Å²) < 4.78 is 11.7. The number of hydrogen-bond acceptors (Lipinski definition) is 5. The van der Waals surface area contributed by atoms with Crippen molar-refractivity contribution in [2.24, 2.45) is 5.92 Å². The number of ether oxygens (including phenoxy) is 2. The van der Waals surface area contributed by atoms with E-state index in [1.165, 1.54) is 0 Å². The Labute approximate surface area is 186 Å². The quantitative estimate of drug-likeness (QED) is 0.454. The molecule has 0 bridgehead atoms. The maximum atomic E-state index is 12.1.